The second-order valence-corrected chi connectivity index (χ2v) is 7.88. The zero-order valence-corrected chi connectivity index (χ0v) is 15.5. The standard InChI is InChI=1S/C17H22N2O5S/c1-22-12-8-13(23-2)15(24-3)14-10(12)7-11(19-14)16(20)18-9-17(5-6-17)25(4)21/h7-8,19H,5-6,9H2,1-4H3,(H,18,20). The maximum atomic E-state index is 12.5. The lowest BCUT2D eigenvalue weighted by Crippen LogP contribution is -2.35. The van der Waals surface area contributed by atoms with Crippen LogP contribution in [0.1, 0.15) is 23.3 Å². The van der Waals surface area contributed by atoms with Crippen molar-refractivity contribution in [2.75, 3.05) is 34.1 Å². The molecule has 1 unspecified atom stereocenters. The van der Waals surface area contributed by atoms with Crippen molar-refractivity contribution in [3.05, 3.63) is 17.8 Å². The second-order valence-electron chi connectivity index (χ2n) is 6.11. The number of aromatic nitrogens is 1. The Morgan fingerprint density at radius 1 is 1.20 bits per heavy atom. The first-order valence-electron chi connectivity index (χ1n) is 7.89. The van der Waals surface area contributed by atoms with Gasteiger partial charge in [0.25, 0.3) is 5.91 Å². The first-order chi connectivity index (χ1) is 12.0. The average Bonchev–Trinajstić information content (AvgIpc) is 3.28. The highest BCUT2D eigenvalue weighted by atomic mass is 32.2. The topological polar surface area (TPSA) is 89.6 Å². The molecule has 1 heterocycles. The van der Waals surface area contributed by atoms with Gasteiger partial charge in [-0.25, -0.2) is 0 Å². The number of rotatable bonds is 7. The van der Waals surface area contributed by atoms with Crippen molar-refractivity contribution >= 4 is 27.6 Å². The lowest BCUT2D eigenvalue weighted by Gasteiger charge is -2.12. The Kier molecular flexibility index (Phi) is 4.64. The zero-order chi connectivity index (χ0) is 18.2. The van der Waals surface area contributed by atoms with Gasteiger partial charge in [0.05, 0.1) is 31.6 Å². The minimum absolute atomic E-state index is 0.254. The van der Waals surface area contributed by atoms with Crippen LogP contribution in [-0.2, 0) is 10.8 Å². The van der Waals surface area contributed by atoms with E-state index in [1.807, 2.05) is 0 Å². The molecule has 7 nitrogen and oxygen atoms in total. The van der Waals surface area contributed by atoms with Gasteiger partial charge >= 0.3 is 0 Å². The third-order valence-electron chi connectivity index (χ3n) is 4.67. The Bertz CT molecular complexity index is 841. The average molecular weight is 366 g/mol. The summed E-state index contributed by atoms with van der Waals surface area (Å²) in [5.41, 5.74) is 1.02. The molecule has 2 aromatic rings. The minimum Gasteiger partial charge on any atom is -0.496 e. The number of nitrogens with one attached hydrogen (secondary N) is 2. The normalized spacial score (nSPS) is 16.3. The number of methoxy groups -OCH3 is 3. The van der Waals surface area contributed by atoms with Gasteiger partial charge in [-0.2, -0.15) is 0 Å². The van der Waals surface area contributed by atoms with Crippen molar-refractivity contribution in [3.63, 3.8) is 0 Å². The number of aromatic amines is 1. The summed E-state index contributed by atoms with van der Waals surface area (Å²) in [6, 6.07) is 3.43. The van der Waals surface area contributed by atoms with Gasteiger partial charge in [-0.15, -0.1) is 0 Å². The zero-order valence-electron chi connectivity index (χ0n) is 14.7. The Balaban J connectivity index is 1.92. The molecule has 0 bridgehead atoms. The molecule has 25 heavy (non-hydrogen) atoms. The van der Waals surface area contributed by atoms with Gasteiger partial charge in [0.15, 0.2) is 11.5 Å². The van der Waals surface area contributed by atoms with Crippen LogP contribution in [0, 0.1) is 0 Å². The molecule has 0 aliphatic heterocycles. The van der Waals surface area contributed by atoms with E-state index in [9.17, 15) is 9.00 Å². The van der Waals surface area contributed by atoms with Gasteiger partial charge in [-0.1, -0.05) is 0 Å². The molecule has 0 spiro atoms. The molecule has 8 heteroatoms. The van der Waals surface area contributed by atoms with Crippen molar-refractivity contribution in [2.45, 2.75) is 17.6 Å². The Hall–Kier alpha value is -2.22. The molecule has 1 aliphatic rings. The number of ether oxygens (including phenoxy) is 3. The van der Waals surface area contributed by atoms with E-state index >= 15 is 0 Å². The highest BCUT2D eigenvalue weighted by Gasteiger charge is 2.46. The third kappa shape index (κ3) is 3.06. The van der Waals surface area contributed by atoms with Crippen LogP contribution in [0.25, 0.3) is 10.9 Å². The molecule has 1 fully saturated rings. The number of H-pyrrole nitrogens is 1. The van der Waals surface area contributed by atoms with E-state index in [-0.39, 0.29) is 10.7 Å². The molecule has 1 aromatic heterocycles. The van der Waals surface area contributed by atoms with Crippen LogP contribution in [0.3, 0.4) is 0 Å². The Labute approximate surface area is 148 Å². The van der Waals surface area contributed by atoms with Crippen LogP contribution in [-0.4, -0.2) is 54.0 Å². The fraction of sp³-hybridized carbons (Fsp3) is 0.471. The Morgan fingerprint density at radius 2 is 1.88 bits per heavy atom. The highest BCUT2D eigenvalue weighted by Crippen LogP contribution is 2.42. The quantitative estimate of drug-likeness (QED) is 0.780. The van der Waals surface area contributed by atoms with Gasteiger partial charge in [-0.3, -0.25) is 9.00 Å². The largest absolute Gasteiger partial charge is 0.496 e. The predicted octanol–water partition coefficient (Wildman–Crippen LogP) is 1.83. The molecule has 2 N–H and O–H groups in total. The molecule has 1 saturated carbocycles. The number of benzene rings is 1. The summed E-state index contributed by atoms with van der Waals surface area (Å²) in [7, 11) is 3.69. The molecule has 3 rings (SSSR count). The second kappa shape index (κ2) is 6.59. The lowest BCUT2D eigenvalue weighted by atomic mass is 10.2. The fourth-order valence-electron chi connectivity index (χ4n) is 2.90. The lowest BCUT2D eigenvalue weighted by molar-refractivity contribution is 0.0949. The van der Waals surface area contributed by atoms with E-state index in [2.05, 4.69) is 10.3 Å². The smallest absolute Gasteiger partial charge is 0.267 e. The first-order valence-corrected chi connectivity index (χ1v) is 9.45. The minimum atomic E-state index is -0.948. The van der Waals surface area contributed by atoms with E-state index in [1.54, 1.807) is 32.6 Å². The summed E-state index contributed by atoms with van der Waals surface area (Å²) in [5.74, 6) is 1.34. The first kappa shape index (κ1) is 17.6. The summed E-state index contributed by atoms with van der Waals surface area (Å²) in [6.45, 7) is 0.405. The summed E-state index contributed by atoms with van der Waals surface area (Å²) in [6.07, 6.45) is 3.44. The van der Waals surface area contributed by atoms with Crippen LogP contribution in [0.15, 0.2) is 12.1 Å². The van der Waals surface area contributed by atoms with Crippen LogP contribution in [0.4, 0.5) is 0 Å². The Morgan fingerprint density at radius 3 is 2.40 bits per heavy atom. The van der Waals surface area contributed by atoms with Gasteiger partial charge in [0, 0.05) is 35.1 Å². The predicted molar refractivity (Wildman–Crippen MR) is 96.3 cm³/mol. The van der Waals surface area contributed by atoms with Crippen LogP contribution in [0.5, 0.6) is 17.2 Å². The van der Waals surface area contributed by atoms with Gasteiger partial charge < -0.3 is 24.5 Å². The van der Waals surface area contributed by atoms with E-state index in [1.165, 1.54) is 7.11 Å². The number of hydrogen-bond donors (Lipinski definition) is 2. The van der Waals surface area contributed by atoms with Crippen molar-refractivity contribution < 1.29 is 23.2 Å². The summed E-state index contributed by atoms with van der Waals surface area (Å²) < 4.78 is 27.6. The molecular weight excluding hydrogens is 344 g/mol. The van der Waals surface area contributed by atoms with Gasteiger partial charge in [0.1, 0.15) is 11.4 Å². The van der Waals surface area contributed by atoms with Gasteiger partial charge in [0.2, 0.25) is 0 Å². The molecule has 1 amide bonds. The third-order valence-corrected chi connectivity index (χ3v) is 6.45. The highest BCUT2D eigenvalue weighted by molar-refractivity contribution is 7.86. The summed E-state index contributed by atoms with van der Waals surface area (Å²) >= 11 is 0. The molecule has 136 valence electrons. The van der Waals surface area contributed by atoms with Crippen LogP contribution in [0.2, 0.25) is 0 Å². The van der Waals surface area contributed by atoms with E-state index < -0.39 is 10.8 Å². The fourth-order valence-corrected chi connectivity index (χ4v) is 3.85. The monoisotopic (exact) mass is 366 g/mol. The number of carbonyl (C=O) groups is 1. The SMILES string of the molecule is COc1cc(OC)c2cc(C(=O)NCC3(S(C)=O)CC3)[nH]c2c1OC. The maximum absolute atomic E-state index is 12.5. The van der Waals surface area contributed by atoms with Crippen molar-refractivity contribution in [1.82, 2.24) is 10.3 Å². The number of carbonyl (C=O) groups excluding carboxylic acids is 1. The number of fused-ring (bicyclic) bond motifs is 1. The molecule has 0 saturated heterocycles. The number of amides is 1. The molecule has 0 radical (unpaired) electrons. The van der Waals surface area contributed by atoms with Gasteiger partial charge in [-0.05, 0) is 18.9 Å². The molecule has 1 atom stereocenters. The summed E-state index contributed by atoms with van der Waals surface area (Å²) in [5, 5.41) is 3.60. The number of hydrogen-bond acceptors (Lipinski definition) is 5. The van der Waals surface area contributed by atoms with E-state index in [0.717, 1.165) is 18.2 Å². The maximum Gasteiger partial charge on any atom is 0.267 e. The summed E-state index contributed by atoms with van der Waals surface area (Å²) in [4.78, 5) is 15.6. The van der Waals surface area contributed by atoms with E-state index in [4.69, 9.17) is 14.2 Å². The van der Waals surface area contributed by atoms with E-state index in [0.29, 0.717) is 35.0 Å². The van der Waals surface area contributed by atoms with Crippen LogP contribution >= 0.6 is 0 Å². The van der Waals surface area contributed by atoms with Crippen molar-refractivity contribution in [3.8, 4) is 17.2 Å². The van der Waals surface area contributed by atoms with Crippen LogP contribution < -0.4 is 19.5 Å². The van der Waals surface area contributed by atoms with Crippen molar-refractivity contribution in [1.29, 1.82) is 0 Å². The van der Waals surface area contributed by atoms with Crippen molar-refractivity contribution in [2.24, 2.45) is 0 Å². The molecular formula is C17H22N2O5S. The molecule has 1 aliphatic carbocycles. The molecule has 1 aromatic carbocycles.